The highest BCUT2D eigenvalue weighted by molar-refractivity contribution is 5.80. The molecule has 0 radical (unpaired) electrons. The number of piperidine rings is 1. The van der Waals surface area contributed by atoms with E-state index in [1.165, 1.54) is 0 Å². The number of aromatic nitrogens is 2. The Kier molecular flexibility index (Phi) is 4.85. The number of aromatic amines is 1. The molecular formula is C16H22F3N3O2. The Balaban J connectivity index is 1.58. The maximum Gasteiger partial charge on any atom is 0.435 e. The van der Waals surface area contributed by atoms with E-state index < -0.39 is 18.0 Å². The summed E-state index contributed by atoms with van der Waals surface area (Å²) in [5, 5.41) is 5.83. The molecule has 3 rings (SSSR count). The van der Waals surface area contributed by atoms with Gasteiger partial charge in [-0.2, -0.15) is 18.3 Å². The average Bonchev–Trinajstić information content (AvgIpc) is 3.23. The lowest BCUT2D eigenvalue weighted by atomic mass is 9.94. The molecule has 24 heavy (non-hydrogen) atoms. The van der Waals surface area contributed by atoms with Gasteiger partial charge in [0, 0.05) is 24.7 Å². The van der Waals surface area contributed by atoms with E-state index >= 15 is 0 Å². The van der Waals surface area contributed by atoms with Crippen LogP contribution in [0.3, 0.4) is 0 Å². The van der Waals surface area contributed by atoms with Crippen molar-refractivity contribution in [2.75, 3.05) is 19.7 Å². The third kappa shape index (κ3) is 4.09. The summed E-state index contributed by atoms with van der Waals surface area (Å²) in [6.07, 6.45) is -1.14. The number of likely N-dealkylation sites (tertiary alicyclic amines) is 1. The van der Waals surface area contributed by atoms with Gasteiger partial charge in [0.2, 0.25) is 0 Å². The Morgan fingerprint density at radius 3 is 2.83 bits per heavy atom. The summed E-state index contributed by atoms with van der Waals surface area (Å²) >= 11 is 0. The molecule has 1 aromatic heterocycles. The Morgan fingerprint density at radius 2 is 2.21 bits per heavy atom. The second-order valence-corrected chi connectivity index (χ2v) is 6.75. The topological polar surface area (TPSA) is 58.2 Å². The van der Waals surface area contributed by atoms with Gasteiger partial charge in [-0.3, -0.25) is 9.89 Å². The van der Waals surface area contributed by atoms with Crippen molar-refractivity contribution < 1.29 is 22.7 Å². The van der Waals surface area contributed by atoms with Gasteiger partial charge in [0.15, 0.2) is 5.69 Å². The van der Waals surface area contributed by atoms with Crippen molar-refractivity contribution in [1.82, 2.24) is 15.1 Å². The van der Waals surface area contributed by atoms with Gasteiger partial charge >= 0.3 is 6.18 Å². The van der Waals surface area contributed by atoms with E-state index in [1.807, 2.05) is 0 Å². The number of halogens is 3. The summed E-state index contributed by atoms with van der Waals surface area (Å²) < 4.78 is 43.6. The fraction of sp³-hybridized carbons (Fsp3) is 0.750. The van der Waals surface area contributed by atoms with Crippen molar-refractivity contribution in [3.63, 3.8) is 0 Å². The maximum atomic E-state index is 12.7. The summed E-state index contributed by atoms with van der Waals surface area (Å²) in [7, 11) is 0. The minimum absolute atomic E-state index is 0.0871. The Hall–Kier alpha value is -1.57. The monoisotopic (exact) mass is 345 g/mol. The fourth-order valence-electron chi connectivity index (χ4n) is 3.02. The molecule has 1 amide bonds. The van der Waals surface area contributed by atoms with Gasteiger partial charge in [-0.1, -0.05) is 0 Å². The number of hydrogen-bond acceptors (Lipinski definition) is 3. The molecule has 2 atom stereocenters. The molecule has 8 heteroatoms. The number of nitrogens with one attached hydrogen (secondary N) is 1. The number of rotatable bonds is 5. The van der Waals surface area contributed by atoms with Gasteiger partial charge < -0.3 is 9.64 Å². The number of alkyl halides is 3. The van der Waals surface area contributed by atoms with E-state index in [1.54, 1.807) is 11.8 Å². The average molecular weight is 345 g/mol. The molecule has 2 fully saturated rings. The van der Waals surface area contributed by atoms with Crippen LogP contribution in [0.5, 0.6) is 0 Å². The van der Waals surface area contributed by atoms with Crippen molar-refractivity contribution in [2.24, 2.45) is 5.92 Å². The Bertz CT molecular complexity index is 583. The minimum Gasteiger partial charge on any atom is -0.368 e. The maximum absolute atomic E-state index is 12.7. The molecule has 1 N–H and O–H groups in total. The lowest BCUT2D eigenvalue weighted by Gasteiger charge is -2.33. The molecule has 1 aliphatic carbocycles. The summed E-state index contributed by atoms with van der Waals surface area (Å²) in [5.74, 6) is 0.345. The van der Waals surface area contributed by atoms with Gasteiger partial charge in [0.1, 0.15) is 6.10 Å². The van der Waals surface area contributed by atoms with Gasteiger partial charge in [-0.25, -0.2) is 0 Å². The Morgan fingerprint density at radius 1 is 1.46 bits per heavy atom. The van der Waals surface area contributed by atoms with Crippen molar-refractivity contribution >= 4 is 5.91 Å². The van der Waals surface area contributed by atoms with Crippen LogP contribution in [0.4, 0.5) is 13.2 Å². The zero-order valence-corrected chi connectivity index (χ0v) is 13.6. The van der Waals surface area contributed by atoms with Crippen LogP contribution >= 0.6 is 0 Å². The van der Waals surface area contributed by atoms with Crippen LogP contribution in [0, 0.1) is 5.92 Å². The Labute approximate surface area is 138 Å². The number of carbonyl (C=O) groups is 1. The highest BCUT2D eigenvalue weighted by Gasteiger charge is 2.36. The molecule has 1 aliphatic heterocycles. The minimum atomic E-state index is -4.45. The van der Waals surface area contributed by atoms with Crippen LogP contribution in [0.2, 0.25) is 0 Å². The van der Waals surface area contributed by atoms with Crippen molar-refractivity contribution in [3.8, 4) is 0 Å². The molecule has 0 bridgehead atoms. The first-order chi connectivity index (χ1) is 11.3. The van der Waals surface area contributed by atoms with E-state index in [0.717, 1.165) is 31.7 Å². The van der Waals surface area contributed by atoms with E-state index in [0.29, 0.717) is 31.3 Å². The van der Waals surface area contributed by atoms with E-state index in [9.17, 15) is 18.0 Å². The molecule has 2 heterocycles. The van der Waals surface area contributed by atoms with Crippen LogP contribution < -0.4 is 0 Å². The van der Waals surface area contributed by atoms with Crippen molar-refractivity contribution in [2.45, 2.75) is 50.8 Å². The number of amides is 1. The van der Waals surface area contributed by atoms with Crippen LogP contribution in [-0.4, -0.2) is 46.8 Å². The van der Waals surface area contributed by atoms with Gasteiger partial charge in [0.25, 0.3) is 5.91 Å². The van der Waals surface area contributed by atoms with Crippen molar-refractivity contribution in [1.29, 1.82) is 0 Å². The van der Waals surface area contributed by atoms with Crippen molar-refractivity contribution in [3.05, 3.63) is 17.5 Å². The number of carbonyl (C=O) groups excluding carboxylic acids is 1. The van der Waals surface area contributed by atoms with E-state index in [2.05, 4.69) is 10.2 Å². The van der Waals surface area contributed by atoms with Crippen LogP contribution in [0.15, 0.2) is 6.07 Å². The summed E-state index contributed by atoms with van der Waals surface area (Å²) in [6, 6.07) is 1.05. The first-order valence-corrected chi connectivity index (χ1v) is 8.37. The summed E-state index contributed by atoms with van der Waals surface area (Å²) in [4.78, 5) is 14.2. The molecule has 5 nitrogen and oxygen atoms in total. The zero-order valence-electron chi connectivity index (χ0n) is 13.6. The van der Waals surface area contributed by atoms with Crippen LogP contribution in [-0.2, 0) is 15.7 Å². The predicted molar refractivity (Wildman–Crippen MR) is 80.3 cm³/mol. The fourth-order valence-corrected chi connectivity index (χ4v) is 3.02. The number of nitrogens with zero attached hydrogens (tertiary/aromatic N) is 2. The molecule has 134 valence electrons. The lowest BCUT2D eigenvalue weighted by molar-refractivity contribution is -0.144. The SMILES string of the molecule is C[C@@H](OCC1CC1)C(=O)N1CCC[C@H](c2cc(C(F)(F)F)n[nH]2)C1. The molecule has 1 saturated carbocycles. The summed E-state index contributed by atoms with van der Waals surface area (Å²) in [5.41, 5.74) is -0.478. The van der Waals surface area contributed by atoms with E-state index in [-0.39, 0.29) is 11.8 Å². The quantitative estimate of drug-likeness (QED) is 0.893. The third-order valence-corrected chi connectivity index (χ3v) is 4.69. The number of H-pyrrole nitrogens is 1. The molecular weight excluding hydrogens is 323 g/mol. The van der Waals surface area contributed by atoms with Gasteiger partial charge in [-0.15, -0.1) is 0 Å². The third-order valence-electron chi connectivity index (χ3n) is 4.69. The molecule has 1 saturated heterocycles. The molecule has 2 aliphatic rings. The lowest BCUT2D eigenvalue weighted by Crippen LogP contribution is -2.44. The van der Waals surface area contributed by atoms with Gasteiger partial charge in [-0.05, 0) is 44.6 Å². The smallest absolute Gasteiger partial charge is 0.368 e. The van der Waals surface area contributed by atoms with E-state index in [4.69, 9.17) is 4.74 Å². The highest BCUT2D eigenvalue weighted by atomic mass is 19.4. The number of hydrogen-bond donors (Lipinski definition) is 1. The zero-order chi connectivity index (χ0) is 17.3. The molecule has 1 aromatic rings. The summed E-state index contributed by atoms with van der Waals surface area (Å²) in [6.45, 7) is 3.37. The van der Waals surface area contributed by atoms with Crippen LogP contribution in [0.1, 0.15) is 49.9 Å². The molecule has 0 spiro atoms. The first kappa shape index (κ1) is 17.3. The normalized spacial score (nSPS) is 23.3. The second kappa shape index (κ2) is 6.74. The van der Waals surface area contributed by atoms with Crippen LogP contribution in [0.25, 0.3) is 0 Å². The standard InChI is InChI=1S/C16H22F3N3O2/c1-10(24-9-11-4-5-11)15(23)22-6-2-3-12(8-22)13-7-14(21-20-13)16(17,18)19/h7,10-12H,2-6,8-9H2,1H3,(H,20,21)/t10-,12+/m1/s1. The second-order valence-electron chi connectivity index (χ2n) is 6.75. The highest BCUT2D eigenvalue weighted by Crippen LogP contribution is 2.32. The predicted octanol–water partition coefficient (Wildman–Crippen LogP) is 2.95. The molecule has 0 unspecified atom stereocenters. The van der Waals surface area contributed by atoms with Gasteiger partial charge in [0.05, 0.1) is 6.61 Å². The largest absolute Gasteiger partial charge is 0.435 e. The first-order valence-electron chi connectivity index (χ1n) is 8.37. The molecule has 0 aromatic carbocycles. The number of ether oxygens (including phenoxy) is 1.